The van der Waals surface area contributed by atoms with Crippen molar-refractivity contribution in [2.24, 2.45) is 0 Å². The largest absolute Gasteiger partial charge is 0.508 e. The van der Waals surface area contributed by atoms with E-state index in [2.05, 4.69) is 15.6 Å². The Kier molecular flexibility index (Phi) is 5.58. The highest BCUT2D eigenvalue weighted by Gasteiger charge is 2.00. The molecule has 0 bridgehead atoms. The zero-order chi connectivity index (χ0) is 14.9. The summed E-state index contributed by atoms with van der Waals surface area (Å²) in [5, 5.41) is 14.9. The van der Waals surface area contributed by atoms with Gasteiger partial charge in [0, 0.05) is 31.4 Å². The molecule has 1 aromatic heterocycles. The van der Waals surface area contributed by atoms with Crippen molar-refractivity contribution in [3.05, 3.63) is 59.9 Å². The first-order valence-corrected chi connectivity index (χ1v) is 6.93. The molecule has 0 aliphatic heterocycles. The highest BCUT2D eigenvalue weighted by Crippen LogP contribution is 2.10. The van der Waals surface area contributed by atoms with Crippen LogP contribution in [0.2, 0.25) is 0 Å². The standard InChI is InChI=1S/C16H19N3O2/c20-15-6-3-4-13(12-15)7-10-18-16(21)19-11-8-14-5-1-2-9-17-14/h1-6,9,12,20H,7-8,10-11H2,(H2,18,19,21). The van der Waals surface area contributed by atoms with Crippen molar-refractivity contribution in [3.63, 3.8) is 0 Å². The maximum atomic E-state index is 11.6. The van der Waals surface area contributed by atoms with Crippen molar-refractivity contribution >= 4 is 6.03 Å². The molecule has 5 heteroatoms. The second-order valence-corrected chi connectivity index (χ2v) is 4.67. The number of nitrogens with zero attached hydrogens (tertiary/aromatic N) is 1. The summed E-state index contributed by atoms with van der Waals surface area (Å²) in [7, 11) is 0. The minimum absolute atomic E-state index is 0.189. The maximum Gasteiger partial charge on any atom is 0.314 e. The van der Waals surface area contributed by atoms with Crippen LogP contribution in [0.4, 0.5) is 4.79 Å². The van der Waals surface area contributed by atoms with E-state index in [1.807, 2.05) is 24.3 Å². The number of phenolic OH excluding ortho intramolecular Hbond substituents is 1. The molecule has 2 amide bonds. The predicted molar refractivity (Wildman–Crippen MR) is 81.2 cm³/mol. The van der Waals surface area contributed by atoms with Crippen LogP contribution in [-0.4, -0.2) is 29.2 Å². The third-order valence-corrected chi connectivity index (χ3v) is 3.00. The summed E-state index contributed by atoms with van der Waals surface area (Å²) in [5.74, 6) is 0.243. The Morgan fingerprint density at radius 3 is 2.57 bits per heavy atom. The fraction of sp³-hybridized carbons (Fsp3) is 0.250. The number of carbonyl (C=O) groups is 1. The number of amides is 2. The number of nitrogens with one attached hydrogen (secondary N) is 2. The number of urea groups is 1. The molecule has 1 heterocycles. The van der Waals surface area contributed by atoms with Gasteiger partial charge in [-0.15, -0.1) is 0 Å². The number of carbonyl (C=O) groups excluding carboxylic acids is 1. The minimum Gasteiger partial charge on any atom is -0.508 e. The molecule has 110 valence electrons. The normalized spacial score (nSPS) is 10.1. The second-order valence-electron chi connectivity index (χ2n) is 4.67. The average Bonchev–Trinajstić information content (AvgIpc) is 2.48. The van der Waals surface area contributed by atoms with E-state index < -0.39 is 0 Å². The number of rotatable bonds is 6. The van der Waals surface area contributed by atoms with Crippen molar-refractivity contribution in [2.45, 2.75) is 12.8 Å². The van der Waals surface area contributed by atoms with Gasteiger partial charge in [-0.3, -0.25) is 4.98 Å². The zero-order valence-electron chi connectivity index (χ0n) is 11.7. The lowest BCUT2D eigenvalue weighted by molar-refractivity contribution is 0.241. The van der Waals surface area contributed by atoms with E-state index in [1.165, 1.54) is 0 Å². The van der Waals surface area contributed by atoms with E-state index in [0.29, 0.717) is 25.9 Å². The van der Waals surface area contributed by atoms with E-state index in [4.69, 9.17) is 0 Å². The van der Waals surface area contributed by atoms with Crippen LogP contribution in [0, 0.1) is 0 Å². The molecule has 0 radical (unpaired) electrons. The van der Waals surface area contributed by atoms with Gasteiger partial charge in [0.05, 0.1) is 0 Å². The molecule has 0 aliphatic carbocycles. The van der Waals surface area contributed by atoms with Gasteiger partial charge in [0.15, 0.2) is 0 Å². The summed E-state index contributed by atoms with van der Waals surface area (Å²) in [4.78, 5) is 15.8. The number of phenols is 1. The van der Waals surface area contributed by atoms with Gasteiger partial charge in [0.25, 0.3) is 0 Å². The number of hydrogen-bond acceptors (Lipinski definition) is 3. The lowest BCUT2D eigenvalue weighted by atomic mass is 10.1. The van der Waals surface area contributed by atoms with Crippen LogP contribution < -0.4 is 10.6 Å². The van der Waals surface area contributed by atoms with E-state index in [1.54, 1.807) is 24.4 Å². The topological polar surface area (TPSA) is 74.2 Å². The monoisotopic (exact) mass is 285 g/mol. The van der Waals surface area contributed by atoms with Crippen LogP contribution in [0.1, 0.15) is 11.3 Å². The molecule has 0 aliphatic rings. The third kappa shape index (κ3) is 5.52. The summed E-state index contributed by atoms with van der Waals surface area (Å²) >= 11 is 0. The molecule has 3 N–H and O–H groups in total. The average molecular weight is 285 g/mol. The molecule has 0 saturated carbocycles. The summed E-state index contributed by atoms with van der Waals surface area (Å²) in [6, 6.07) is 12.6. The first-order valence-electron chi connectivity index (χ1n) is 6.93. The number of aromatic nitrogens is 1. The van der Waals surface area contributed by atoms with E-state index >= 15 is 0 Å². The lowest BCUT2D eigenvalue weighted by Gasteiger charge is -2.07. The van der Waals surface area contributed by atoms with Crippen molar-refractivity contribution in [3.8, 4) is 5.75 Å². The van der Waals surface area contributed by atoms with Gasteiger partial charge in [-0.25, -0.2) is 4.79 Å². The second kappa shape index (κ2) is 7.89. The summed E-state index contributed by atoms with van der Waals surface area (Å²) < 4.78 is 0. The Bertz CT molecular complexity index is 573. The summed E-state index contributed by atoms with van der Waals surface area (Å²) in [6.45, 7) is 1.08. The van der Waals surface area contributed by atoms with Crippen molar-refractivity contribution < 1.29 is 9.90 Å². The number of aromatic hydroxyl groups is 1. The third-order valence-electron chi connectivity index (χ3n) is 3.00. The van der Waals surface area contributed by atoms with Crippen molar-refractivity contribution in [1.29, 1.82) is 0 Å². The molecule has 21 heavy (non-hydrogen) atoms. The van der Waals surface area contributed by atoms with Crippen molar-refractivity contribution in [1.82, 2.24) is 15.6 Å². The first kappa shape index (κ1) is 14.8. The molecule has 0 fully saturated rings. The lowest BCUT2D eigenvalue weighted by Crippen LogP contribution is -2.37. The van der Waals surface area contributed by atoms with Crippen LogP contribution in [0.25, 0.3) is 0 Å². The summed E-state index contributed by atoms with van der Waals surface area (Å²) in [5.41, 5.74) is 1.95. The Balaban J connectivity index is 1.61. The fourth-order valence-corrected chi connectivity index (χ4v) is 1.94. The van der Waals surface area contributed by atoms with Crippen LogP contribution in [0.5, 0.6) is 5.75 Å². The molecule has 1 aromatic carbocycles. The first-order chi connectivity index (χ1) is 10.2. The highest BCUT2D eigenvalue weighted by molar-refractivity contribution is 5.73. The van der Waals surface area contributed by atoms with Gasteiger partial charge in [-0.2, -0.15) is 0 Å². The van der Waals surface area contributed by atoms with Gasteiger partial charge >= 0.3 is 6.03 Å². The molecule has 0 spiro atoms. The minimum atomic E-state index is -0.189. The van der Waals surface area contributed by atoms with Crippen LogP contribution in [0.15, 0.2) is 48.7 Å². The zero-order valence-corrected chi connectivity index (χ0v) is 11.7. The Morgan fingerprint density at radius 1 is 1.05 bits per heavy atom. The maximum absolute atomic E-state index is 11.6. The van der Waals surface area contributed by atoms with Gasteiger partial charge in [0.1, 0.15) is 5.75 Å². The Hall–Kier alpha value is -2.56. The van der Waals surface area contributed by atoms with Gasteiger partial charge in [0.2, 0.25) is 0 Å². The van der Waals surface area contributed by atoms with Gasteiger partial charge < -0.3 is 15.7 Å². The van der Waals surface area contributed by atoms with Crippen LogP contribution in [-0.2, 0) is 12.8 Å². The van der Waals surface area contributed by atoms with Gasteiger partial charge in [-0.05, 0) is 36.2 Å². The predicted octanol–water partition coefficient (Wildman–Crippen LogP) is 1.87. The molecule has 0 unspecified atom stereocenters. The van der Waals surface area contributed by atoms with E-state index in [-0.39, 0.29) is 11.8 Å². The quantitative estimate of drug-likeness (QED) is 0.758. The molecular weight excluding hydrogens is 266 g/mol. The smallest absolute Gasteiger partial charge is 0.314 e. The SMILES string of the molecule is O=C(NCCc1cccc(O)c1)NCCc1ccccn1. The van der Waals surface area contributed by atoms with E-state index in [9.17, 15) is 9.90 Å². The van der Waals surface area contributed by atoms with Crippen LogP contribution >= 0.6 is 0 Å². The molecule has 0 saturated heterocycles. The van der Waals surface area contributed by atoms with Crippen molar-refractivity contribution in [2.75, 3.05) is 13.1 Å². The molecular formula is C16H19N3O2. The molecule has 2 rings (SSSR count). The summed E-state index contributed by atoms with van der Waals surface area (Å²) in [6.07, 6.45) is 3.13. The molecule has 0 atom stereocenters. The number of hydrogen-bond donors (Lipinski definition) is 3. The number of pyridine rings is 1. The van der Waals surface area contributed by atoms with Crippen LogP contribution in [0.3, 0.4) is 0 Å². The fourth-order valence-electron chi connectivity index (χ4n) is 1.94. The highest BCUT2D eigenvalue weighted by atomic mass is 16.3. The van der Waals surface area contributed by atoms with Gasteiger partial charge in [-0.1, -0.05) is 18.2 Å². The molecule has 2 aromatic rings. The van der Waals surface area contributed by atoms with E-state index in [0.717, 1.165) is 11.3 Å². The Morgan fingerprint density at radius 2 is 1.86 bits per heavy atom. The number of benzene rings is 1. The Labute approximate surface area is 124 Å². The molecule has 5 nitrogen and oxygen atoms in total.